The van der Waals surface area contributed by atoms with Crippen LogP contribution in [0.5, 0.6) is 0 Å². The van der Waals surface area contributed by atoms with Gasteiger partial charge in [0.25, 0.3) is 0 Å². The summed E-state index contributed by atoms with van der Waals surface area (Å²) in [5, 5.41) is 12.9. The monoisotopic (exact) mass is 654 g/mol. The second kappa shape index (κ2) is 11.4. The Morgan fingerprint density at radius 1 is 0.738 bits per heavy atom. The molecule has 1 N–H and O–H groups in total. The van der Waals surface area contributed by atoms with E-state index in [4.69, 9.17) is 17.7 Å². The lowest BCUT2D eigenvalue weighted by Gasteiger charge is -2.64. The standard InChI is InChI=1S/C33H66O5Si4/c1-31-19-17-25(36-40(6,7)8)21-24(31)15-16-26-27-18-20-33(34,29(38-42(12,13)14)23-35-39(3,4)5)32(27,2)22-28(30(26)31)37-41(9,10)11/h23-28,30,34H,15-22H2,1-14H3/b29-23-/t24-,25+,26?,27?,28?,30?,31-,32-,33-/m0/s1. The molecule has 0 spiro atoms. The molecule has 9 atom stereocenters. The van der Waals surface area contributed by atoms with E-state index in [0.29, 0.717) is 35.5 Å². The third-order valence-electron chi connectivity index (χ3n) is 11.0. The Balaban J connectivity index is 1.73. The molecule has 0 bridgehead atoms. The SMILES string of the molecule is C[C@]12CC(O[Si](C)(C)C)C3C(CC[C@H]4C[C@H](O[Si](C)(C)C)CC[C@]34C)C1CC[C@]2(O)/C(=C/O[Si](C)(C)C)O[Si](C)(C)C. The van der Waals surface area contributed by atoms with Crippen LogP contribution in [0.3, 0.4) is 0 Å². The van der Waals surface area contributed by atoms with E-state index >= 15 is 0 Å². The first-order chi connectivity index (χ1) is 18.9. The van der Waals surface area contributed by atoms with Crippen LogP contribution in [0.1, 0.15) is 65.2 Å². The van der Waals surface area contributed by atoms with Crippen LogP contribution in [-0.4, -0.2) is 56.2 Å². The molecule has 42 heavy (non-hydrogen) atoms. The lowest BCUT2D eigenvalue weighted by Crippen LogP contribution is -2.63. The minimum Gasteiger partial charge on any atom is -0.547 e. The van der Waals surface area contributed by atoms with Crippen molar-refractivity contribution in [2.24, 2.45) is 34.5 Å². The third kappa shape index (κ3) is 7.22. The van der Waals surface area contributed by atoms with Gasteiger partial charge in [-0.15, -0.1) is 0 Å². The fraction of sp³-hybridized carbons (Fsp3) is 0.939. The van der Waals surface area contributed by atoms with Gasteiger partial charge in [0, 0.05) is 17.6 Å². The number of rotatable bonds is 9. The molecule has 4 unspecified atom stereocenters. The van der Waals surface area contributed by atoms with Gasteiger partial charge in [-0.3, -0.25) is 0 Å². The van der Waals surface area contributed by atoms with Gasteiger partial charge in [0.2, 0.25) is 16.6 Å². The van der Waals surface area contributed by atoms with Crippen LogP contribution in [-0.2, 0) is 17.7 Å². The van der Waals surface area contributed by atoms with Crippen molar-refractivity contribution in [1.82, 2.24) is 0 Å². The average molecular weight is 655 g/mol. The van der Waals surface area contributed by atoms with Crippen LogP contribution in [0.15, 0.2) is 12.0 Å². The van der Waals surface area contributed by atoms with Gasteiger partial charge in [-0.05, 0) is 159 Å². The van der Waals surface area contributed by atoms with Gasteiger partial charge in [-0.25, -0.2) is 0 Å². The predicted octanol–water partition coefficient (Wildman–Crippen LogP) is 9.35. The maximum Gasteiger partial charge on any atom is 0.242 e. The van der Waals surface area contributed by atoms with Gasteiger partial charge in [-0.2, -0.15) is 0 Å². The van der Waals surface area contributed by atoms with Crippen molar-refractivity contribution in [1.29, 1.82) is 0 Å². The van der Waals surface area contributed by atoms with Crippen molar-refractivity contribution in [3.8, 4) is 0 Å². The van der Waals surface area contributed by atoms with E-state index in [9.17, 15) is 5.11 Å². The Labute approximate surface area is 263 Å². The number of hydrogen-bond donors (Lipinski definition) is 1. The largest absolute Gasteiger partial charge is 0.547 e. The second-order valence-electron chi connectivity index (χ2n) is 18.9. The molecule has 4 rings (SSSR count). The Morgan fingerprint density at radius 2 is 1.36 bits per heavy atom. The topological polar surface area (TPSA) is 57.2 Å². The molecule has 0 aromatic rings. The molecule has 9 heteroatoms. The maximum atomic E-state index is 12.9. The summed E-state index contributed by atoms with van der Waals surface area (Å²) in [6, 6.07) is 0. The van der Waals surface area contributed by atoms with Crippen LogP contribution in [0, 0.1) is 34.5 Å². The van der Waals surface area contributed by atoms with Gasteiger partial charge in [0.05, 0.1) is 0 Å². The zero-order valence-electron chi connectivity index (χ0n) is 29.8. The van der Waals surface area contributed by atoms with Gasteiger partial charge >= 0.3 is 0 Å². The van der Waals surface area contributed by atoms with E-state index in [1.54, 1.807) is 0 Å². The first-order valence-corrected chi connectivity index (χ1v) is 30.7. The zero-order valence-corrected chi connectivity index (χ0v) is 33.8. The van der Waals surface area contributed by atoms with E-state index in [0.717, 1.165) is 19.3 Å². The summed E-state index contributed by atoms with van der Waals surface area (Å²) in [5.74, 6) is 2.97. The molecule has 0 saturated heterocycles. The second-order valence-corrected chi connectivity index (χ2v) is 36.7. The van der Waals surface area contributed by atoms with Gasteiger partial charge < -0.3 is 22.8 Å². The molecule has 4 aliphatic carbocycles. The summed E-state index contributed by atoms with van der Waals surface area (Å²) in [5.41, 5.74) is -1.08. The first-order valence-electron chi connectivity index (χ1n) is 17.0. The summed E-state index contributed by atoms with van der Waals surface area (Å²) in [7, 11) is -7.25. The highest BCUT2D eigenvalue weighted by molar-refractivity contribution is 6.71. The van der Waals surface area contributed by atoms with E-state index in [1.165, 1.54) is 32.1 Å². The lowest BCUT2D eigenvalue weighted by atomic mass is 9.43. The normalized spacial score (nSPS) is 41.5. The van der Waals surface area contributed by atoms with E-state index < -0.39 is 38.9 Å². The molecule has 5 nitrogen and oxygen atoms in total. The van der Waals surface area contributed by atoms with Gasteiger partial charge in [0.15, 0.2) is 16.6 Å². The highest BCUT2D eigenvalue weighted by Crippen LogP contribution is 2.70. The van der Waals surface area contributed by atoms with Crippen molar-refractivity contribution in [3.63, 3.8) is 0 Å². The third-order valence-corrected chi connectivity index (χ3v) is 14.8. The Morgan fingerprint density at radius 3 is 1.90 bits per heavy atom. The quantitative estimate of drug-likeness (QED) is 0.198. The summed E-state index contributed by atoms with van der Waals surface area (Å²) < 4.78 is 27.1. The Hall–Kier alpha value is 0.0875. The van der Waals surface area contributed by atoms with Crippen LogP contribution in [0.25, 0.3) is 0 Å². The molecule has 0 aromatic carbocycles. The molecule has 244 valence electrons. The van der Waals surface area contributed by atoms with Gasteiger partial charge in [-0.1, -0.05) is 13.8 Å². The smallest absolute Gasteiger partial charge is 0.242 e. The zero-order chi connectivity index (χ0) is 31.7. The molecule has 0 heterocycles. The predicted molar refractivity (Wildman–Crippen MR) is 185 cm³/mol. The first kappa shape index (κ1) is 35.0. The molecular formula is C33H66O5Si4. The molecule has 0 amide bonds. The molecule has 4 saturated carbocycles. The Bertz CT molecular complexity index is 1010. The number of fused-ring (bicyclic) bond motifs is 5. The number of hydrogen-bond acceptors (Lipinski definition) is 5. The molecule has 0 aliphatic heterocycles. The summed E-state index contributed by atoms with van der Waals surface area (Å²) in [6.45, 7) is 32.3. The molecule has 0 aromatic heterocycles. The van der Waals surface area contributed by atoms with E-state index in [-0.39, 0.29) is 16.9 Å². The van der Waals surface area contributed by atoms with Crippen LogP contribution in [0.2, 0.25) is 78.6 Å². The molecule has 4 fully saturated rings. The van der Waals surface area contributed by atoms with Crippen LogP contribution in [0.4, 0.5) is 0 Å². The number of aliphatic hydroxyl groups is 1. The molecule has 4 aliphatic rings. The van der Waals surface area contributed by atoms with E-state index in [2.05, 4.69) is 92.4 Å². The van der Waals surface area contributed by atoms with Crippen LogP contribution < -0.4 is 0 Å². The van der Waals surface area contributed by atoms with Crippen molar-refractivity contribution in [2.75, 3.05) is 0 Å². The minimum absolute atomic E-state index is 0.167. The van der Waals surface area contributed by atoms with Crippen molar-refractivity contribution >= 4 is 33.3 Å². The summed E-state index contributed by atoms with van der Waals surface area (Å²) >= 11 is 0. The van der Waals surface area contributed by atoms with Crippen molar-refractivity contribution in [2.45, 2.75) is 162 Å². The summed E-state index contributed by atoms with van der Waals surface area (Å²) in [6.07, 6.45) is 11.3. The summed E-state index contributed by atoms with van der Waals surface area (Å²) in [4.78, 5) is 0. The fourth-order valence-corrected chi connectivity index (χ4v) is 13.3. The van der Waals surface area contributed by atoms with E-state index in [1.807, 2.05) is 6.26 Å². The molecule has 0 radical (unpaired) electrons. The lowest BCUT2D eigenvalue weighted by molar-refractivity contribution is -0.193. The maximum absolute atomic E-state index is 12.9. The highest BCUT2D eigenvalue weighted by atomic mass is 28.4. The molecular weight excluding hydrogens is 589 g/mol. The average Bonchev–Trinajstić information content (AvgIpc) is 3.04. The van der Waals surface area contributed by atoms with Gasteiger partial charge in [0.1, 0.15) is 17.6 Å². The minimum atomic E-state index is -2.00. The highest BCUT2D eigenvalue weighted by Gasteiger charge is 2.69. The fourth-order valence-electron chi connectivity index (χ4n) is 9.65. The Kier molecular flexibility index (Phi) is 9.49. The van der Waals surface area contributed by atoms with Crippen molar-refractivity contribution in [3.05, 3.63) is 12.0 Å². The van der Waals surface area contributed by atoms with Crippen LogP contribution >= 0.6 is 0 Å². The van der Waals surface area contributed by atoms with Crippen molar-refractivity contribution < 1.29 is 22.8 Å².